The molecule has 4 rings (SSSR count). The number of hydrogen-bond acceptors (Lipinski definition) is 6. The Morgan fingerprint density at radius 1 is 1.12 bits per heavy atom. The van der Waals surface area contributed by atoms with Crippen molar-refractivity contribution in [1.82, 2.24) is 19.9 Å². The minimum absolute atomic E-state index is 0.165. The van der Waals surface area contributed by atoms with Crippen molar-refractivity contribution in [3.8, 4) is 0 Å². The summed E-state index contributed by atoms with van der Waals surface area (Å²) in [6.07, 6.45) is 3.44. The van der Waals surface area contributed by atoms with Crippen molar-refractivity contribution in [2.24, 2.45) is 0 Å². The maximum Gasteiger partial charge on any atom is 0.329 e. The van der Waals surface area contributed by atoms with Gasteiger partial charge in [0.2, 0.25) is 0 Å². The molecule has 3 N–H and O–H groups in total. The lowest BCUT2D eigenvalue weighted by Gasteiger charge is -2.10. The van der Waals surface area contributed by atoms with Crippen LogP contribution in [0.5, 0.6) is 0 Å². The fraction of sp³-hybridized carbons (Fsp3) is 0.174. The largest absolute Gasteiger partial charge is 0.459 e. The molecule has 0 spiro atoms. The summed E-state index contributed by atoms with van der Waals surface area (Å²) in [5.74, 6) is -0.617. The Hall–Kier alpha value is -4.47. The highest BCUT2D eigenvalue weighted by molar-refractivity contribution is 6.02. The van der Waals surface area contributed by atoms with Crippen LogP contribution in [-0.2, 0) is 13.1 Å². The molecule has 2 amide bonds. The molecule has 168 valence electrons. The number of benzene rings is 1. The number of carbonyl (C=O) groups is 2. The summed E-state index contributed by atoms with van der Waals surface area (Å²) in [6, 6.07) is 11.6. The number of anilines is 1. The first kappa shape index (κ1) is 21.8. The van der Waals surface area contributed by atoms with Crippen LogP contribution in [0.15, 0.2) is 68.9 Å². The normalized spacial score (nSPS) is 10.8. The van der Waals surface area contributed by atoms with Crippen LogP contribution < -0.4 is 21.9 Å². The number of H-pyrrole nitrogens is 1. The summed E-state index contributed by atoms with van der Waals surface area (Å²) in [5.41, 5.74) is 0.613. The molecule has 0 fully saturated rings. The summed E-state index contributed by atoms with van der Waals surface area (Å²) in [7, 11) is 0. The Labute approximate surface area is 187 Å². The number of fused-ring (bicyclic) bond motifs is 1. The number of hydrogen-bond donors (Lipinski definition) is 3. The fourth-order valence-corrected chi connectivity index (χ4v) is 3.37. The van der Waals surface area contributed by atoms with Crippen molar-refractivity contribution in [3.05, 3.63) is 92.6 Å². The van der Waals surface area contributed by atoms with Crippen LogP contribution in [0.1, 0.15) is 39.8 Å². The molecule has 0 aliphatic carbocycles. The predicted octanol–water partition coefficient (Wildman–Crippen LogP) is 2.27. The number of amides is 2. The molecule has 33 heavy (non-hydrogen) atoms. The number of aromatic amines is 1. The summed E-state index contributed by atoms with van der Waals surface area (Å²) in [5, 5.41) is 5.66. The molecule has 1 aromatic carbocycles. The molecule has 0 radical (unpaired) electrons. The minimum Gasteiger partial charge on any atom is -0.459 e. The van der Waals surface area contributed by atoms with Gasteiger partial charge in [-0.1, -0.05) is 19.1 Å². The number of carbonyl (C=O) groups excluding carboxylic acids is 2. The lowest BCUT2D eigenvalue weighted by molar-refractivity contribution is 0.0949. The van der Waals surface area contributed by atoms with Crippen LogP contribution in [0, 0.1) is 0 Å². The second-order valence-electron chi connectivity index (χ2n) is 7.32. The van der Waals surface area contributed by atoms with Crippen molar-refractivity contribution in [1.29, 1.82) is 0 Å². The van der Waals surface area contributed by atoms with Crippen LogP contribution in [0.4, 0.5) is 5.69 Å². The maximum atomic E-state index is 12.7. The molecule has 10 nitrogen and oxygen atoms in total. The second-order valence-corrected chi connectivity index (χ2v) is 7.32. The third-order valence-electron chi connectivity index (χ3n) is 4.92. The van der Waals surface area contributed by atoms with Gasteiger partial charge in [0.1, 0.15) is 5.65 Å². The number of aryl methyl sites for hydroxylation is 1. The average molecular weight is 447 g/mol. The van der Waals surface area contributed by atoms with E-state index in [1.165, 1.54) is 23.1 Å². The van der Waals surface area contributed by atoms with Crippen molar-refractivity contribution in [2.75, 3.05) is 5.32 Å². The van der Waals surface area contributed by atoms with Crippen LogP contribution >= 0.6 is 0 Å². The van der Waals surface area contributed by atoms with E-state index in [0.29, 0.717) is 18.7 Å². The Morgan fingerprint density at radius 2 is 1.97 bits per heavy atom. The Morgan fingerprint density at radius 3 is 2.73 bits per heavy atom. The zero-order chi connectivity index (χ0) is 23.4. The molecule has 0 aliphatic rings. The lowest BCUT2D eigenvalue weighted by Crippen LogP contribution is -2.31. The van der Waals surface area contributed by atoms with Crippen molar-refractivity contribution in [3.63, 3.8) is 0 Å². The molecule has 4 aromatic rings. The molecule has 0 saturated heterocycles. The molecule has 0 saturated carbocycles. The van der Waals surface area contributed by atoms with Crippen LogP contribution in [-0.4, -0.2) is 26.3 Å². The van der Waals surface area contributed by atoms with Gasteiger partial charge in [-0.15, -0.1) is 0 Å². The zero-order valence-electron chi connectivity index (χ0n) is 17.8. The average Bonchev–Trinajstić information content (AvgIpc) is 3.35. The van der Waals surface area contributed by atoms with Crippen molar-refractivity contribution < 1.29 is 14.0 Å². The number of furan rings is 1. The van der Waals surface area contributed by atoms with E-state index < -0.39 is 17.2 Å². The molecule has 3 heterocycles. The third kappa shape index (κ3) is 4.74. The number of rotatable bonds is 7. The van der Waals surface area contributed by atoms with E-state index in [0.717, 1.165) is 5.56 Å². The van der Waals surface area contributed by atoms with Crippen LogP contribution in [0.25, 0.3) is 11.0 Å². The first-order chi connectivity index (χ1) is 16.0. The van der Waals surface area contributed by atoms with Gasteiger partial charge in [-0.2, -0.15) is 0 Å². The van der Waals surface area contributed by atoms with Gasteiger partial charge >= 0.3 is 5.69 Å². The molecule has 0 aliphatic heterocycles. The molecule has 3 aromatic heterocycles. The molecular formula is C23H21N5O5. The highest BCUT2D eigenvalue weighted by Gasteiger charge is 2.13. The third-order valence-corrected chi connectivity index (χ3v) is 4.92. The van der Waals surface area contributed by atoms with E-state index in [1.54, 1.807) is 36.4 Å². The van der Waals surface area contributed by atoms with E-state index in [1.807, 2.05) is 6.92 Å². The number of pyridine rings is 1. The quantitative estimate of drug-likeness (QED) is 0.397. The SMILES string of the molecule is CCCn1c(=O)[nH]c(=O)c2cc(C(=O)NCc3cccc(NC(=O)c4ccco4)c3)cnc21. The van der Waals surface area contributed by atoms with Crippen molar-refractivity contribution >= 4 is 28.5 Å². The molecule has 0 atom stereocenters. The standard InChI is InChI=1S/C23H21N5O5/c1-2-8-28-19-17(21(30)27-23(28)32)11-15(13-24-19)20(29)25-12-14-5-3-6-16(10-14)26-22(31)18-7-4-9-33-18/h3-7,9-11,13H,2,8,12H2,1H3,(H,25,29)(H,26,31)(H,27,30,32). The Balaban J connectivity index is 1.48. The first-order valence-electron chi connectivity index (χ1n) is 10.3. The highest BCUT2D eigenvalue weighted by Crippen LogP contribution is 2.13. The van der Waals surface area contributed by atoms with E-state index in [4.69, 9.17) is 4.42 Å². The fourth-order valence-electron chi connectivity index (χ4n) is 3.37. The van der Waals surface area contributed by atoms with Gasteiger partial charge in [-0.05, 0) is 42.3 Å². The Bertz CT molecular complexity index is 1440. The number of nitrogens with one attached hydrogen (secondary N) is 3. The zero-order valence-corrected chi connectivity index (χ0v) is 17.8. The van der Waals surface area contributed by atoms with Crippen LogP contribution in [0.2, 0.25) is 0 Å². The highest BCUT2D eigenvalue weighted by atomic mass is 16.3. The second kappa shape index (κ2) is 9.35. The van der Waals surface area contributed by atoms with Crippen LogP contribution in [0.3, 0.4) is 0 Å². The van der Waals surface area contributed by atoms with Gasteiger partial charge in [0.05, 0.1) is 17.2 Å². The summed E-state index contributed by atoms with van der Waals surface area (Å²) < 4.78 is 6.45. The summed E-state index contributed by atoms with van der Waals surface area (Å²) in [6.45, 7) is 2.49. The van der Waals surface area contributed by atoms with E-state index in [-0.39, 0.29) is 34.8 Å². The van der Waals surface area contributed by atoms with Gasteiger partial charge in [-0.3, -0.25) is 23.9 Å². The van der Waals surface area contributed by atoms with E-state index in [9.17, 15) is 19.2 Å². The monoisotopic (exact) mass is 447 g/mol. The van der Waals surface area contributed by atoms with E-state index >= 15 is 0 Å². The number of aromatic nitrogens is 3. The van der Waals surface area contributed by atoms with Gasteiger partial charge < -0.3 is 15.1 Å². The maximum absolute atomic E-state index is 12.7. The molecule has 10 heteroatoms. The first-order valence-corrected chi connectivity index (χ1v) is 10.3. The van der Waals surface area contributed by atoms with Gasteiger partial charge in [-0.25, -0.2) is 9.78 Å². The van der Waals surface area contributed by atoms with Gasteiger partial charge in [0.25, 0.3) is 17.4 Å². The minimum atomic E-state index is -0.593. The predicted molar refractivity (Wildman–Crippen MR) is 121 cm³/mol. The Kier molecular flexibility index (Phi) is 6.16. The topological polar surface area (TPSA) is 139 Å². The summed E-state index contributed by atoms with van der Waals surface area (Å²) in [4.78, 5) is 55.5. The molecule has 0 bridgehead atoms. The smallest absolute Gasteiger partial charge is 0.329 e. The molecule has 0 unspecified atom stereocenters. The lowest BCUT2D eigenvalue weighted by atomic mass is 10.1. The number of nitrogens with zero attached hydrogens (tertiary/aromatic N) is 2. The molecular weight excluding hydrogens is 426 g/mol. The summed E-state index contributed by atoms with van der Waals surface area (Å²) >= 11 is 0. The van der Waals surface area contributed by atoms with E-state index in [2.05, 4.69) is 20.6 Å². The van der Waals surface area contributed by atoms with Crippen molar-refractivity contribution in [2.45, 2.75) is 26.4 Å². The van der Waals surface area contributed by atoms with Gasteiger partial charge in [0.15, 0.2) is 5.76 Å². The van der Waals surface area contributed by atoms with Gasteiger partial charge in [0, 0.05) is 25.0 Å².